The molecule has 0 atom stereocenters. The van der Waals surface area contributed by atoms with E-state index < -0.39 is 0 Å². The molecule has 5 heteroatoms. The van der Waals surface area contributed by atoms with Gasteiger partial charge in [0.15, 0.2) is 0 Å². The largest absolute Gasteiger partial charge is 0.340 e. The SMILES string of the molecule is Cc1ccccc1C(=O)Nc1ccc(Nc2cccc(Cl)c2C)nc1. The fraction of sp³-hybridized carbons (Fsp3) is 0.100. The Morgan fingerprint density at radius 3 is 2.52 bits per heavy atom. The average Bonchev–Trinajstić information content (AvgIpc) is 2.61. The number of hydrogen-bond donors (Lipinski definition) is 2. The lowest BCUT2D eigenvalue weighted by molar-refractivity contribution is 0.102. The summed E-state index contributed by atoms with van der Waals surface area (Å²) in [6, 6.07) is 16.8. The van der Waals surface area contributed by atoms with E-state index in [9.17, 15) is 4.79 Å². The van der Waals surface area contributed by atoms with Crippen molar-refractivity contribution in [2.75, 3.05) is 10.6 Å². The van der Waals surface area contributed by atoms with Crippen LogP contribution in [0.5, 0.6) is 0 Å². The van der Waals surface area contributed by atoms with Crippen molar-refractivity contribution in [1.29, 1.82) is 0 Å². The van der Waals surface area contributed by atoms with Gasteiger partial charge in [-0.05, 0) is 55.3 Å². The summed E-state index contributed by atoms with van der Waals surface area (Å²) < 4.78 is 0. The van der Waals surface area contributed by atoms with Crippen LogP contribution in [0.25, 0.3) is 0 Å². The molecule has 0 aliphatic heterocycles. The predicted octanol–water partition coefficient (Wildman–Crippen LogP) is 5.35. The Morgan fingerprint density at radius 2 is 1.80 bits per heavy atom. The van der Waals surface area contributed by atoms with Crippen molar-refractivity contribution in [2.24, 2.45) is 0 Å². The van der Waals surface area contributed by atoms with Crippen molar-refractivity contribution >= 4 is 34.7 Å². The first-order chi connectivity index (χ1) is 12.0. The van der Waals surface area contributed by atoms with Crippen molar-refractivity contribution in [3.8, 4) is 0 Å². The number of aryl methyl sites for hydroxylation is 1. The van der Waals surface area contributed by atoms with Gasteiger partial charge >= 0.3 is 0 Å². The standard InChI is InChI=1S/C20H18ClN3O/c1-13-6-3-4-7-16(13)20(25)23-15-10-11-19(22-12-15)24-18-9-5-8-17(21)14(18)2/h3-12H,1-2H3,(H,22,24)(H,23,25). The van der Waals surface area contributed by atoms with E-state index in [4.69, 9.17) is 11.6 Å². The Balaban J connectivity index is 1.71. The molecule has 0 aliphatic rings. The van der Waals surface area contributed by atoms with Crippen LogP contribution in [0, 0.1) is 13.8 Å². The molecule has 0 saturated carbocycles. The lowest BCUT2D eigenvalue weighted by Crippen LogP contribution is -2.13. The number of nitrogens with zero attached hydrogens (tertiary/aromatic N) is 1. The molecular formula is C20H18ClN3O. The number of aromatic nitrogens is 1. The molecule has 1 heterocycles. The minimum atomic E-state index is -0.147. The van der Waals surface area contributed by atoms with E-state index in [0.29, 0.717) is 22.1 Å². The molecule has 25 heavy (non-hydrogen) atoms. The van der Waals surface area contributed by atoms with Gasteiger partial charge in [-0.3, -0.25) is 4.79 Å². The second-order valence-corrected chi connectivity index (χ2v) is 6.15. The van der Waals surface area contributed by atoms with Crippen molar-refractivity contribution in [1.82, 2.24) is 4.98 Å². The number of carbonyl (C=O) groups is 1. The molecule has 0 radical (unpaired) electrons. The molecular weight excluding hydrogens is 334 g/mol. The predicted molar refractivity (Wildman–Crippen MR) is 103 cm³/mol. The highest BCUT2D eigenvalue weighted by atomic mass is 35.5. The average molecular weight is 352 g/mol. The summed E-state index contributed by atoms with van der Waals surface area (Å²) in [5.41, 5.74) is 4.09. The van der Waals surface area contributed by atoms with Crippen LogP contribution in [0.3, 0.4) is 0 Å². The zero-order valence-electron chi connectivity index (χ0n) is 14.0. The zero-order chi connectivity index (χ0) is 17.8. The van der Waals surface area contributed by atoms with Gasteiger partial charge in [-0.15, -0.1) is 0 Å². The number of rotatable bonds is 4. The van der Waals surface area contributed by atoms with Crippen LogP contribution in [-0.4, -0.2) is 10.9 Å². The van der Waals surface area contributed by atoms with Gasteiger partial charge in [0, 0.05) is 16.3 Å². The second kappa shape index (κ2) is 7.36. The van der Waals surface area contributed by atoms with E-state index >= 15 is 0 Å². The van der Waals surface area contributed by atoms with Crippen LogP contribution in [0.15, 0.2) is 60.8 Å². The number of anilines is 3. The Bertz CT molecular complexity index is 907. The number of carbonyl (C=O) groups excluding carboxylic acids is 1. The summed E-state index contributed by atoms with van der Waals surface area (Å²) in [5.74, 6) is 0.533. The maximum Gasteiger partial charge on any atom is 0.255 e. The number of hydrogen-bond acceptors (Lipinski definition) is 3. The van der Waals surface area contributed by atoms with Gasteiger partial charge in [-0.2, -0.15) is 0 Å². The highest BCUT2D eigenvalue weighted by molar-refractivity contribution is 6.31. The van der Waals surface area contributed by atoms with Crippen LogP contribution >= 0.6 is 11.6 Å². The van der Waals surface area contributed by atoms with Crippen molar-refractivity contribution in [3.63, 3.8) is 0 Å². The number of nitrogens with one attached hydrogen (secondary N) is 2. The van der Waals surface area contributed by atoms with Crippen LogP contribution in [0.4, 0.5) is 17.2 Å². The summed E-state index contributed by atoms with van der Waals surface area (Å²) in [4.78, 5) is 16.7. The summed E-state index contributed by atoms with van der Waals surface area (Å²) >= 11 is 6.13. The maximum absolute atomic E-state index is 12.3. The molecule has 3 aromatic rings. The van der Waals surface area contributed by atoms with Crippen LogP contribution in [0.2, 0.25) is 5.02 Å². The third-order valence-corrected chi connectivity index (χ3v) is 4.35. The van der Waals surface area contributed by atoms with Crippen molar-refractivity contribution in [2.45, 2.75) is 13.8 Å². The molecule has 0 aliphatic carbocycles. The molecule has 126 valence electrons. The van der Waals surface area contributed by atoms with Crippen molar-refractivity contribution in [3.05, 3.63) is 82.5 Å². The maximum atomic E-state index is 12.3. The van der Waals surface area contributed by atoms with Crippen LogP contribution in [0.1, 0.15) is 21.5 Å². The summed E-state index contributed by atoms with van der Waals surface area (Å²) in [6.45, 7) is 3.86. The molecule has 2 aromatic carbocycles. The Morgan fingerprint density at radius 1 is 1.00 bits per heavy atom. The summed E-state index contributed by atoms with van der Waals surface area (Å²) in [5, 5.41) is 6.79. The van der Waals surface area contributed by atoms with Gasteiger partial charge in [0.1, 0.15) is 5.82 Å². The van der Waals surface area contributed by atoms with Crippen molar-refractivity contribution < 1.29 is 4.79 Å². The molecule has 1 aromatic heterocycles. The molecule has 3 rings (SSSR count). The van der Waals surface area contributed by atoms with Gasteiger partial charge in [-0.1, -0.05) is 35.9 Å². The van der Waals surface area contributed by atoms with Gasteiger partial charge in [0.25, 0.3) is 5.91 Å². The Hall–Kier alpha value is -2.85. The number of pyridine rings is 1. The quantitative estimate of drug-likeness (QED) is 0.666. The molecule has 0 unspecified atom stereocenters. The lowest BCUT2D eigenvalue weighted by Gasteiger charge is -2.11. The smallest absolute Gasteiger partial charge is 0.255 e. The molecule has 0 bridgehead atoms. The van der Waals surface area contributed by atoms with E-state index in [2.05, 4.69) is 15.6 Å². The first-order valence-corrected chi connectivity index (χ1v) is 8.27. The second-order valence-electron chi connectivity index (χ2n) is 5.74. The first kappa shape index (κ1) is 17.0. The normalized spacial score (nSPS) is 10.4. The Kier molecular flexibility index (Phi) is 5.00. The molecule has 0 spiro atoms. The van der Waals surface area contributed by atoms with Gasteiger partial charge in [0.05, 0.1) is 11.9 Å². The first-order valence-electron chi connectivity index (χ1n) is 7.90. The van der Waals surface area contributed by atoms with E-state index in [1.54, 1.807) is 12.3 Å². The number of amides is 1. The summed E-state index contributed by atoms with van der Waals surface area (Å²) in [6.07, 6.45) is 1.62. The molecule has 4 nitrogen and oxygen atoms in total. The van der Waals surface area contributed by atoms with Crippen LogP contribution < -0.4 is 10.6 Å². The third-order valence-electron chi connectivity index (χ3n) is 3.94. The highest BCUT2D eigenvalue weighted by Crippen LogP contribution is 2.25. The highest BCUT2D eigenvalue weighted by Gasteiger charge is 2.09. The van der Waals surface area contributed by atoms with Crippen LogP contribution in [-0.2, 0) is 0 Å². The molecule has 0 fully saturated rings. The third kappa shape index (κ3) is 3.98. The minimum absolute atomic E-state index is 0.147. The van der Waals surface area contributed by atoms with Gasteiger partial charge in [-0.25, -0.2) is 4.98 Å². The monoisotopic (exact) mass is 351 g/mol. The Labute approximate surface area is 151 Å². The van der Waals surface area contributed by atoms with E-state index in [1.165, 1.54) is 0 Å². The van der Waals surface area contributed by atoms with E-state index in [0.717, 1.165) is 16.8 Å². The fourth-order valence-corrected chi connectivity index (χ4v) is 2.62. The van der Waals surface area contributed by atoms with Gasteiger partial charge in [0.2, 0.25) is 0 Å². The lowest BCUT2D eigenvalue weighted by atomic mass is 10.1. The fourth-order valence-electron chi connectivity index (χ4n) is 2.45. The number of halogens is 1. The van der Waals surface area contributed by atoms with E-state index in [-0.39, 0.29) is 5.91 Å². The topological polar surface area (TPSA) is 54.0 Å². The van der Waals surface area contributed by atoms with Gasteiger partial charge < -0.3 is 10.6 Å². The zero-order valence-corrected chi connectivity index (χ0v) is 14.8. The molecule has 2 N–H and O–H groups in total. The molecule has 0 saturated heterocycles. The number of benzene rings is 2. The molecule has 1 amide bonds. The summed E-state index contributed by atoms with van der Waals surface area (Å²) in [7, 11) is 0. The van der Waals surface area contributed by atoms with E-state index in [1.807, 2.05) is 62.4 Å². The minimum Gasteiger partial charge on any atom is -0.340 e.